The molecule has 0 radical (unpaired) electrons. The molecule has 0 aliphatic heterocycles. The summed E-state index contributed by atoms with van der Waals surface area (Å²) in [4.78, 5) is 37.3. The van der Waals surface area contributed by atoms with E-state index in [9.17, 15) is 22.8 Å². The number of rotatable bonds is 12. The summed E-state index contributed by atoms with van der Waals surface area (Å²) < 4.78 is 25.7. The molecule has 0 saturated carbocycles. The van der Waals surface area contributed by atoms with Crippen LogP contribution in [0.25, 0.3) is 0 Å². The first kappa shape index (κ1) is 30.0. The molecule has 0 aromatic heterocycles. The molecule has 2 amide bonds. The lowest BCUT2D eigenvalue weighted by Crippen LogP contribution is -2.35. The van der Waals surface area contributed by atoms with Crippen LogP contribution in [0.1, 0.15) is 48.6 Å². The lowest BCUT2D eigenvalue weighted by Gasteiger charge is -2.17. The Morgan fingerprint density at radius 2 is 1.33 bits per heavy atom. The predicted octanol–water partition coefficient (Wildman–Crippen LogP) is 5.03. The first-order chi connectivity index (χ1) is 20.2. The van der Waals surface area contributed by atoms with Crippen molar-refractivity contribution in [2.45, 2.75) is 30.3 Å². The molecule has 8 nitrogen and oxygen atoms in total. The summed E-state index contributed by atoms with van der Waals surface area (Å²) in [5.74, 6) is -1.92. The third-order valence-corrected chi connectivity index (χ3v) is 8.01. The van der Waals surface area contributed by atoms with Gasteiger partial charge >= 0.3 is 5.97 Å². The second kappa shape index (κ2) is 14.0. The van der Waals surface area contributed by atoms with Gasteiger partial charge in [-0.15, -0.1) is 0 Å². The molecule has 3 N–H and O–H groups in total. The highest BCUT2D eigenvalue weighted by Crippen LogP contribution is 2.15. The number of carbonyl (C=O) groups excluding carboxylic acids is 2. The number of hydrogen-bond donors (Lipinski definition) is 3. The molecule has 0 fully saturated rings. The number of sulfone groups is 1. The summed E-state index contributed by atoms with van der Waals surface area (Å²) in [5.41, 5.74) is 2.31. The van der Waals surface area contributed by atoms with Crippen LogP contribution in [0, 0.1) is 0 Å². The van der Waals surface area contributed by atoms with Crippen molar-refractivity contribution in [1.29, 1.82) is 0 Å². The van der Waals surface area contributed by atoms with E-state index >= 15 is 0 Å². The molecule has 42 heavy (non-hydrogen) atoms. The lowest BCUT2D eigenvalue weighted by molar-refractivity contribution is 0.0696. The highest BCUT2D eigenvalue weighted by atomic mass is 32.2. The van der Waals surface area contributed by atoms with Crippen LogP contribution in [0.15, 0.2) is 126 Å². The monoisotopic (exact) mass is 582 g/mol. The minimum Gasteiger partial charge on any atom is -0.478 e. The zero-order valence-electron chi connectivity index (χ0n) is 22.6. The quantitative estimate of drug-likeness (QED) is 0.215. The molecule has 0 aliphatic rings. The van der Waals surface area contributed by atoms with E-state index in [0.717, 1.165) is 11.0 Å². The maximum atomic E-state index is 13.4. The van der Waals surface area contributed by atoms with Crippen molar-refractivity contribution in [2.75, 3.05) is 0 Å². The van der Waals surface area contributed by atoms with Crippen LogP contribution in [-0.2, 0) is 22.8 Å². The zero-order chi connectivity index (χ0) is 30.0. The smallest absolute Gasteiger partial charge is 0.335 e. The van der Waals surface area contributed by atoms with Crippen molar-refractivity contribution in [2.24, 2.45) is 0 Å². The van der Waals surface area contributed by atoms with Gasteiger partial charge in [0, 0.05) is 29.1 Å². The molecule has 0 saturated heterocycles. The van der Waals surface area contributed by atoms with E-state index in [1.165, 1.54) is 42.5 Å². The topological polar surface area (TPSA) is 130 Å². The molecule has 0 unspecified atom stereocenters. The van der Waals surface area contributed by atoms with Gasteiger partial charge in [-0.3, -0.25) is 9.59 Å². The average molecular weight is 583 g/mol. The number of carboxylic acid groups (broad SMARTS) is 1. The molecule has 0 heterocycles. The molecule has 0 bridgehead atoms. The number of amides is 2. The van der Waals surface area contributed by atoms with Crippen LogP contribution in [-0.4, -0.2) is 37.3 Å². The van der Waals surface area contributed by atoms with Crippen molar-refractivity contribution in [3.63, 3.8) is 0 Å². The minimum atomic E-state index is -3.71. The van der Waals surface area contributed by atoms with Gasteiger partial charge in [-0.1, -0.05) is 72.8 Å². The van der Waals surface area contributed by atoms with E-state index in [4.69, 9.17) is 5.11 Å². The van der Waals surface area contributed by atoms with Gasteiger partial charge in [-0.05, 0) is 66.4 Å². The van der Waals surface area contributed by atoms with E-state index in [1.54, 1.807) is 42.5 Å². The van der Waals surface area contributed by atoms with Crippen LogP contribution < -0.4 is 10.6 Å². The fourth-order valence-corrected chi connectivity index (χ4v) is 5.34. The molecular formula is C33H30N2O6S. The highest BCUT2D eigenvalue weighted by molar-refractivity contribution is 7.94. The summed E-state index contributed by atoms with van der Waals surface area (Å²) in [5, 5.41) is 15.9. The van der Waals surface area contributed by atoms with Gasteiger partial charge in [-0.25, -0.2) is 13.2 Å². The van der Waals surface area contributed by atoms with E-state index in [0.29, 0.717) is 24.0 Å². The molecule has 9 heteroatoms. The Balaban J connectivity index is 1.49. The largest absolute Gasteiger partial charge is 0.478 e. The van der Waals surface area contributed by atoms with Crippen LogP contribution in [0.4, 0.5) is 0 Å². The third-order valence-electron chi connectivity index (χ3n) is 6.56. The summed E-state index contributed by atoms with van der Waals surface area (Å²) in [7, 11) is -3.71. The van der Waals surface area contributed by atoms with Crippen molar-refractivity contribution < 1.29 is 27.9 Å². The number of benzene rings is 4. The van der Waals surface area contributed by atoms with Crippen molar-refractivity contribution >= 4 is 27.6 Å². The maximum absolute atomic E-state index is 13.4. The van der Waals surface area contributed by atoms with Gasteiger partial charge in [0.15, 0.2) is 9.84 Å². The summed E-state index contributed by atoms with van der Waals surface area (Å²) in [6.07, 6.45) is 2.57. The van der Waals surface area contributed by atoms with Gasteiger partial charge in [0.1, 0.15) is 0 Å². The summed E-state index contributed by atoms with van der Waals surface area (Å²) >= 11 is 0. The Bertz CT molecular complexity index is 1670. The Hall–Kier alpha value is -5.02. The molecule has 4 rings (SSSR count). The molecule has 1 atom stereocenters. The van der Waals surface area contributed by atoms with Gasteiger partial charge in [0.25, 0.3) is 11.8 Å². The van der Waals surface area contributed by atoms with Crippen molar-refractivity contribution in [1.82, 2.24) is 10.6 Å². The molecule has 0 aliphatic carbocycles. The molecule has 4 aromatic carbocycles. The van der Waals surface area contributed by atoms with Gasteiger partial charge < -0.3 is 15.7 Å². The van der Waals surface area contributed by atoms with Crippen molar-refractivity contribution in [3.8, 4) is 0 Å². The SMILES string of the molecule is O=C(O)c1ccc(C(=O)NCc2ccccc2C(=O)N[C@H](/C=C/S(=O)(=O)c2ccccc2)CCc2ccccc2)cc1. The predicted molar refractivity (Wildman–Crippen MR) is 160 cm³/mol. The number of carbonyl (C=O) groups is 3. The molecular weight excluding hydrogens is 552 g/mol. The minimum absolute atomic E-state index is 0.0516. The maximum Gasteiger partial charge on any atom is 0.335 e. The molecule has 214 valence electrons. The second-order valence-corrected chi connectivity index (χ2v) is 11.3. The van der Waals surface area contributed by atoms with Gasteiger partial charge in [0.05, 0.1) is 10.5 Å². The fraction of sp³-hybridized carbons (Fsp3) is 0.121. The Labute approximate surface area is 244 Å². The molecule has 0 spiro atoms. The lowest BCUT2D eigenvalue weighted by atomic mass is 10.0. The van der Waals surface area contributed by atoms with Crippen molar-refractivity contribution in [3.05, 3.63) is 148 Å². The third kappa shape index (κ3) is 8.25. The summed E-state index contributed by atoms with van der Waals surface area (Å²) in [6, 6.07) is 29.5. The number of hydrogen-bond acceptors (Lipinski definition) is 5. The standard InChI is InChI=1S/C33H30N2O6S/c36-31(25-16-18-26(19-17-25)33(38)39)34-23-27-11-7-8-14-30(27)32(37)35-28(20-15-24-9-3-1-4-10-24)21-22-42(40,41)29-12-5-2-6-13-29/h1-14,16-19,21-22,28H,15,20,23H2,(H,34,36)(H,35,37)(H,38,39)/b22-21+/t28-/m0/s1. The fourth-order valence-electron chi connectivity index (χ4n) is 4.25. The first-order valence-corrected chi connectivity index (χ1v) is 14.8. The Morgan fingerprint density at radius 3 is 2.00 bits per heavy atom. The Morgan fingerprint density at radius 1 is 0.738 bits per heavy atom. The highest BCUT2D eigenvalue weighted by Gasteiger charge is 2.18. The normalized spacial score (nSPS) is 12.0. The van der Waals surface area contributed by atoms with Crippen LogP contribution in [0.2, 0.25) is 0 Å². The van der Waals surface area contributed by atoms with E-state index in [1.807, 2.05) is 30.3 Å². The number of nitrogens with one attached hydrogen (secondary N) is 2. The van der Waals surface area contributed by atoms with Crippen LogP contribution in [0.5, 0.6) is 0 Å². The van der Waals surface area contributed by atoms with E-state index in [2.05, 4.69) is 10.6 Å². The molecule has 4 aromatic rings. The number of aromatic carboxylic acids is 1. The number of aryl methyl sites for hydroxylation is 1. The first-order valence-electron chi connectivity index (χ1n) is 13.3. The second-order valence-electron chi connectivity index (χ2n) is 9.51. The van der Waals surface area contributed by atoms with Gasteiger partial charge in [-0.2, -0.15) is 0 Å². The zero-order valence-corrected chi connectivity index (χ0v) is 23.5. The summed E-state index contributed by atoms with van der Waals surface area (Å²) in [6.45, 7) is 0.0516. The average Bonchev–Trinajstić information content (AvgIpc) is 3.02. The Kier molecular flexibility index (Phi) is 10.0. The van der Waals surface area contributed by atoms with Crippen LogP contribution in [0.3, 0.4) is 0 Å². The number of carboxylic acids is 1. The van der Waals surface area contributed by atoms with E-state index < -0.39 is 33.7 Å². The van der Waals surface area contributed by atoms with Crippen LogP contribution >= 0.6 is 0 Å². The van der Waals surface area contributed by atoms with Gasteiger partial charge in [0.2, 0.25) is 0 Å². The van der Waals surface area contributed by atoms with E-state index in [-0.39, 0.29) is 22.6 Å².